The van der Waals surface area contributed by atoms with Crippen LogP contribution in [0.15, 0.2) is 29.8 Å². The Morgan fingerprint density at radius 2 is 2.04 bits per heavy atom. The van der Waals surface area contributed by atoms with E-state index in [9.17, 15) is 9.59 Å². The first-order valence-electron chi connectivity index (χ1n) is 9.68. The minimum atomic E-state index is -0.265. The van der Waals surface area contributed by atoms with Crippen LogP contribution < -0.4 is 5.32 Å². The fourth-order valence-corrected chi connectivity index (χ4v) is 4.57. The van der Waals surface area contributed by atoms with Gasteiger partial charge in [-0.3, -0.25) is 9.59 Å². The largest absolute Gasteiger partial charge is 0.337 e. The quantitative estimate of drug-likeness (QED) is 0.906. The highest BCUT2D eigenvalue weighted by molar-refractivity contribution is 6.03. The van der Waals surface area contributed by atoms with Gasteiger partial charge >= 0.3 is 0 Å². The van der Waals surface area contributed by atoms with Gasteiger partial charge in [0.15, 0.2) is 5.78 Å². The van der Waals surface area contributed by atoms with Crippen molar-refractivity contribution in [3.05, 3.63) is 41.0 Å². The van der Waals surface area contributed by atoms with Crippen LogP contribution in [-0.4, -0.2) is 41.8 Å². The number of likely N-dealkylation sites (tertiary alicyclic amines) is 1. The molecule has 0 saturated carbocycles. The average molecular weight is 352 g/mol. The molecule has 0 aromatic heterocycles. The van der Waals surface area contributed by atoms with Gasteiger partial charge in [-0.2, -0.15) is 0 Å². The van der Waals surface area contributed by atoms with Crippen molar-refractivity contribution in [3.8, 4) is 0 Å². The third-order valence-corrected chi connectivity index (χ3v) is 6.20. The minimum absolute atomic E-state index is 0.122. The van der Waals surface area contributed by atoms with Crippen molar-refractivity contribution < 1.29 is 9.59 Å². The van der Waals surface area contributed by atoms with E-state index in [1.165, 1.54) is 5.56 Å². The summed E-state index contributed by atoms with van der Waals surface area (Å²) in [5.74, 6) is 0.0203. The van der Waals surface area contributed by atoms with Gasteiger partial charge < -0.3 is 10.2 Å². The number of benzene rings is 1. The predicted molar refractivity (Wildman–Crippen MR) is 103 cm³/mol. The number of hydrogen-bond donors (Lipinski definition) is 1. The molecule has 4 rings (SSSR count). The third-order valence-electron chi connectivity index (χ3n) is 6.20. The van der Waals surface area contributed by atoms with E-state index in [0.29, 0.717) is 24.9 Å². The van der Waals surface area contributed by atoms with Crippen molar-refractivity contribution in [2.24, 2.45) is 11.3 Å². The molecule has 2 fully saturated rings. The van der Waals surface area contributed by atoms with Crippen LogP contribution in [0, 0.1) is 11.3 Å². The highest BCUT2D eigenvalue weighted by atomic mass is 16.2. The molecule has 0 spiro atoms. The summed E-state index contributed by atoms with van der Waals surface area (Å²) in [5.41, 5.74) is 2.96. The van der Waals surface area contributed by atoms with E-state index in [1.807, 2.05) is 23.1 Å². The normalized spacial score (nSPS) is 25.2. The second-order valence-corrected chi connectivity index (χ2v) is 9.08. The fourth-order valence-electron chi connectivity index (χ4n) is 4.57. The van der Waals surface area contributed by atoms with E-state index in [1.54, 1.807) is 0 Å². The van der Waals surface area contributed by atoms with Gasteiger partial charge in [0.05, 0.1) is 5.92 Å². The summed E-state index contributed by atoms with van der Waals surface area (Å²) in [4.78, 5) is 28.3. The van der Waals surface area contributed by atoms with Gasteiger partial charge in [-0.15, -0.1) is 0 Å². The zero-order valence-electron chi connectivity index (χ0n) is 15.9. The van der Waals surface area contributed by atoms with Gasteiger partial charge in [0, 0.05) is 43.6 Å². The minimum Gasteiger partial charge on any atom is -0.337 e. The molecule has 2 saturated heterocycles. The molecule has 2 aliphatic heterocycles. The number of carbonyl (C=O) groups is 2. The lowest BCUT2D eigenvalue weighted by atomic mass is 9.76. The first-order chi connectivity index (χ1) is 12.3. The number of nitrogens with one attached hydrogen (secondary N) is 1. The smallest absolute Gasteiger partial charge is 0.227 e. The maximum Gasteiger partial charge on any atom is 0.227 e. The summed E-state index contributed by atoms with van der Waals surface area (Å²) in [5, 5.41) is 3.44. The molecule has 3 atom stereocenters. The molecule has 1 aromatic carbocycles. The summed E-state index contributed by atoms with van der Waals surface area (Å²) >= 11 is 0. The molecule has 3 aliphatic rings. The molecule has 2 bridgehead atoms. The van der Waals surface area contributed by atoms with Crippen LogP contribution in [0.3, 0.4) is 0 Å². The van der Waals surface area contributed by atoms with E-state index < -0.39 is 0 Å². The summed E-state index contributed by atoms with van der Waals surface area (Å²) < 4.78 is 0. The number of carbonyl (C=O) groups excluding carboxylic acids is 2. The number of Topliss-reactive ketones (excluding diaryl/α,β-unsaturated/α-hetero) is 1. The van der Waals surface area contributed by atoms with Crippen LogP contribution in [0.1, 0.15) is 44.7 Å². The van der Waals surface area contributed by atoms with Crippen molar-refractivity contribution in [1.29, 1.82) is 0 Å². The Morgan fingerprint density at radius 3 is 2.65 bits per heavy atom. The van der Waals surface area contributed by atoms with Gasteiger partial charge in [0.25, 0.3) is 0 Å². The van der Waals surface area contributed by atoms with Crippen LogP contribution in [0.4, 0.5) is 0 Å². The number of rotatable bonds is 4. The molecular weight excluding hydrogens is 324 g/mol. The lowest BCUT2D eigenvalue weighted by molar-refractivity contribution is -0.142. The van der Waals surface area contributed by atoms with Crippen molar-refractivity contribution >= 4 is 17.8 Å². The zero-order chi connectivity index (χ0) is 18.5. The third kappa shape index (κ3) is 3.11. The first-order valence-corrected chi connectivity index (χ1v) is 9.68. The lowest BCUT2D eigenvalue weighted by Gasteiger charge is -2.36. The number of hydrogen-bond acceptors (Lipinski definition) is 3. The van der Waals surface area contributed by atoms with Gasteiger partial charge in [-0.1, -0.05) is 45.0 Å². The molecule has 4 nitrogen and oxygen atoms in total. The van der Waals surface area contributed by atoms with E-state index in [2.05, 4.69) is 38.2 Å². The lowest BCUT2D eigenvalue weighted by Crippen LogP contribution is -2.51. The first kappa shape index (κ1) is 17.5. The van der Waals surface area contributed by atoms with Gasteiger partial charge in [-0.05, 0) is 29.0 Å². The Hall–Kier alpha value is -1.94. The zero-order valence-corrected chi connectivity index (χ0v) is 15.9. The molecule has 1 aliphatic carbocycles. The Kier molecular flexibility index (Phi) is 4.26. The van der Waals surface area contributed by atoms with E-state index >= 15 is 0 Å². The van der Waals surface area contributed by atoms with Crippen molar-refractivity contribution in [2.75, 3.05) is 13.1 Å². The molecule has 2 heterocycles. The van der Waals surface area contributed by atoms with Crippen LogP contribution >= 0.6 is 0 Å². The van der Waals surface area contributed by atoms with E-state index in [4.69, 9.17) is 0 Å². The number of nitrogens with zero attached hydrogens (tertiary/aromatic N) is 1. The molecule has 26 heavy (non-hydrogen) atoms. The van der Waals surface area contributed by atoms with Crippen LogP contribution in [-0.2, 0) is 16.0 Å². The molecule has 1 amide bonds. The van der Waals surface area contributed by atoms with Crippen LogP contribution in [0.5, 0.6) is 0 Å². The van der Waals surface area contributed by atoms with Gasteiger partial charge in [0.2, 0.25) is 5.91 Å². The molecule has 0 radical (unpaired) electrons. The second kappa shape index (κ2) is 6.34. The predicted octanol–water partition coefficient (Wildman–Crippen LogP) is 2.82. The monoisotopic (exact) mass is 352 g/mol. The van der Waals surface area contributed by atoms with E-state index in [-0.39, 0.29) is 23.0 Å². The maximum atomic E-state index is 13.3. The Morgan fingerprint density at radius 1 is 1.27 bits per heavy atom. The summed E-state index contributed by atoms with van der Waals surface area (Å²) in [6.45, 7) is 7.91. The number of ketones is 1. The number of fused-ring (bicyclic) bond motifs is 3. The summed E-state index contributed by atoms with van der Waals surface area (Å²) in [7, 11) is 0. The summed E-state index contributed by atoms with van der Waals surface area (Å²) in [6.07, 6.45) is 4.06. The van der Waals surface area contributed by atoms with Crippen LogP contribution in [0.25, 0.3) is 6.08 Å². The maximum absolute atomic E-state index is 13.3. The Labute approximate surface area is 155 Å². The standard InChI is InChI=1S/C22H28N2O2/c1-22(2,3)19(21(26)24-13-17-10-18(24)12-23-17)11-20(25)16-8-14-6-4-5-7-15(14)9-16/h4-8,17-19,23H,9-13H2,1-3H3/t17-,18-,19+/m0/s1. The molecule has 1 N–H and O–H groups in total. The van der Waals surface area contributed by atoms with Crippen molar-refractivity contribution in [2.45, 2.75) is 52.1 Å². The van der Waals surface area contributed by atoms with Gasteiger partial charge in [-0.25, -0.2) is 0 Å². The van der Waals surface area contributed by atoms with E-state index in [0.717, 1.165) is 30.6 Å². The highest BCUT2D eigenvalue weighted by Crippen LogP contribution is 2.36. The Balaban J connectivity index is 1.50. The topological polar surface area (TPSA) is 49.4 Å². The molecule has 138 valence electrons. The second-order valence-electron chi connectivity index (χ2n) is 9.08. The molecule has 4 heteroatoms. The van der Waals surface area contributed by atoms with Gasteiger partial charge in [0.1, 0.15) is 0 Å². The van der Waals surface area contributed by atoms with Crippen molar-refractivity contribution in [1.82, 2.24) is 10.2 Å². The van der Waals surface area contributed by atoms with Crippen molar-refractivity contribution in [3.63, 3.8) is 0 Å². The van der Waals surface area contributed by atoms with Crippen LogP contribution in [0.2, 0.25) is 0 Å². The molecular formula is C22H28N2O2. The fraction of sp³-hybridized carbons (Fsp3) is 0.545. The molecule has 0 unspecified atom stereocenters. The highest BCUT2D eigenvalue weighted by Gasteiger charge is 2.45. The Bertz CT molecular complexity index is 775. The number of amides is 1. The number of allylic oxidation sites excluding steroid dienone is 1. The summed E-state index contributed by atoms with van der Waals surface area (Å²) in [6, 6.07) is 8.89. The number of piperazine rings is 1. The molecule has 1 aromatic rings. The SMILES string of the molecule is CC(C)(C)[C@H](CC(=O)C1=Cc2ccccc2C1)C(=O)N1C[C@@H]2C[C@H]1CN2. The average Bonchev–Trinajstić information content (AvgIpc) is 3.31.